The molecular formula is C22H28N2O4. The van der Waals surface area contributed by atoms with Gasteiger partial charge in [0.15, 0.2) is 0 Å². The Morgan fingerprint density at radius 1 is 1.11 bits per heavy atom. The Kier molecular flexibility index (Phi) is 6.76. The van der Waals surface area contributed by atoms with Gasteiger partial charge in [-0.1, -0.05) is 6.07 Å². The summed E-state index contributed by atoms with van der Waals surface area (Å²) in [7, 11) is 3.30. The minimum absolute atomic E-state index is 0.0245. The van der Waals surface area contributed by atoms with Crippen LogP contribution in [-0.2, 0) is 4.79 Å². The molecule has 6 heteroatoms. The van der Waals surface area contributed by atoms with E-state index in [0.29, 0.717) is 13.2 Å². The second-order valence-corrected chi connectivity index (χ2v) is 6.74. The van der Waals surface area contributed by atoms with Gasteiger partial charge in [0.05, 0.1) is 27.4 Å². The zero-order valence-corrected chi connectivity index (χ0v) is 16.7. The van der Waals surface area contributed by atoms with Gasteiger partial charge < -0.3 is 19.5 Å². The molecule has 1 amide bonds. The van der Waals surface area contributed by atoms with Gasteiger partial charge in [-0.25, -0.2) is 0 Å². The normalized spacial score (nSPS) is 16.6. The van der Waals surface area contributed by atoms with Crippen LogP contribution in [0.15, 0.2) is 42.5 Å². The highest BCUT2D eigenvalue weighted by Gasteiger charge is 2.29. The number of anilines is 1. The van der Waals surface area contributed by atoms with Gasteiger partial charge >= 0.3 is 0 Å². The van der Waals surface area contributed by atoms with Crippen molar-refractivity contribution in [3.63, 3.8) is 0 Å². The van der Waals surface area contributed by atoms with Crippen LogP contribution in [0.2, 0.25) is 0 Å². The maximum Gasteiger partial charge on any atom is 0.238 e. The van der Waals surface area contributed by atoms with Gasteiger partial charge in [0, 0.05) is 23.4 Å². The molecule has 0 unspecified atom stereocenters. The van der Waals surface area contributed by atoms with Crippen LogP contribution in [0.1, 0.15) is 31.4 Å². The van der Waals surface area contributed by atoms with E-state index >= 15 is 0 Å². The van der Waals surface area contributed by atoms with Crippen LogP contribution in [-0.4, -0.2) is 44.7 Å². The van der Waals surface area contributed by atoms with E-state index in [4.69, 9.17) is 14.2 Å². The highest BCUT2D eigenvalue weighted by Crippen LogP contribution is 2.38. The van der Waals surface area contributed by atoms with Crippen LogP contribution in [0.4, 0.5) is 5.69 Å². The Morgan fingerprint density at radius 3 is 2.54 bits per heavy atom. The molecule has 1 aliphatic rings. The summed E-state index contributed by atoms with van der Waals surface area (Å²) >= 11 is 0. The maximum absolute atomic E-state index is 12.6. The first-order valence-corrected chi connectivity index (χ1v) is 9.63. The van der Waals surface area contributed by atoms with Crippen molar-refractivity contribution in [2.24, 2.45) is 0 Å². The molecule has 1 aliphatic heterocycles. The monoisotopic (exact) mass is 384 g/mol. The molecule has 1 heterocycles. The van der Waals surface area contributed by atoms with Crippen molar-refractivity contribution in [1.29, 1.82) is 0 Å². The number of hydrogen-bond acceptors (Lipinski definition) is 5. The number of carbonyl (C=O) groups excluding carboxylic acids is 1. The lowest BCUT2D eigenvalue weighted by Crippen LogP contribution is -2.33. The fourth-order valence-corrected chi connectivity index (χ4v) is 3.65. The molecule has 2 aromatic rings. The molecule has 150 valence electrons. The van der Waals surface area contributed by atoms with Gasteiger partial charge in [-0.15, -0.1) is 0 Å². The largest absolute Gasteiger partial charge is 0.497 e. The SMILES string of the molecule is CCOc1ccc(NC(=O)CN2CCC[C@H]2c2ccc(OC)cc2OC)cc1. The molecule has 0 aliphatic carbocycles. The molecule has 6 nitrogen and oxygen atoms in total. The van der Waals surface area contributed by atoms with Crippen LogP contribution in [0.5, 0.6) is 17.2 Å². The lowest BCUT2D eigenvalue weighted by Gasteiger charge is -2.26. The van der Waals surface area contributed by atoms with Crippen molar-refractivity contribution < 1.29 is 19.0 Å². The van der Waals surface area contributed by atoms with Crippen LogP contribution in [0, 0.1) is 0 Å². The third-order valence-corrected chi connectivity index (χ3v) is 4.96. The zero-order chi connectivity index (χ0) is 19.9. The van der Waals surface area contributed by atoms with Crippen LogP contribution < -0.4 is 19.5 Å². The van der Waals surface area contributed by atoms with E-state index in [9.17, 15) is 4.79 Å². The molecule has 3 rings (SSSR count). The van der Waals surface area contributed by atoms with E-state index in [0.717, 1.165) is 47.9 Å². The number of benzene rings is 2. The number of hydrogen-bond donors (Lipinski definition) is 1. The quantitative estimate of drug-likeness (QED) is 0.748. The van der Waals surface area contributed by atoms with E-state index in [-0.39, 0.29) is 11.9 Å². The van der Waals surface area contributed by atoms with E-state index < -0.39 is 0 Å². The Bertz CT molecular complexity index is 792. The second-order valence-electron chi connectivity index (χ2n) is 6.74. The van der Waals surface area contributed by atoms with Crippen molar-refractivity contribution in [2.75, 3.05) is 39.2 Å². The lowest BCUT2D eigenvalue weighted by molar-refractivity contribution is -0.117. The number of nitrogens with zero attached hydrogens (tertiary/aromatic N) is 1. The summed E-state index contributed by atoms with van der Waals surface area (Å²) in [4.78, 5) is 14.8. The maximum atomic E-state index is 12.6. The van der Waals surface area contributed by atoms with Crippen LogP contribution in [0.25, 0.3) is 0 Å². The Morgan fingerprint density at radius 2 is 1.86 bits per heavy atom. The number of likely N-dealkylation sites (tertiary alicyclic amines) is 1. The van der Waals surface area contributed by atoms with Gasteiger partial charge in [0.2, 0.25) is 5.91 Å². The van der Waals surface area contributed by atoms with Crippen molar-refractivity contribution in [1.82, 2.24) is 4.90 Å². The van der Waals surface area contributed by atoms with Gasteiger partial charge in [-0.2, -0.15) is 0 Å². The number of ether oxygens (including phenoxy) is 3. The summed E-state index contributed by atoms with van der Waals surface area (Å²) in [5.41, 5.74) is 1.86. The van der Waals surface area contributed by atoms with Crippen molar-refractivity contribution in [3.8, 4) is 17.2 Å². The summed E-state index contributed by atoms with van der Waals surface area (Å²) < 4.78 is 16.3. The number of amides is 1. The molecule has 1 saturated heterocycles. The predicted molar refractivity (Wildman–Crippen MR) is 109 cm³/mol. The molecule has 28 heavy (non-hydrogen) atoms. The Labute approximate surface area is 166 Å². The second kappa shape index (κ2) is 9.46. The lowest BCUT2D eigenvalue weighted by atomic mass is 10.0. The summed E-state index contributed by atoms with van der Waals surface area (Å²) in [6.07, 6.45) is 2.05. The summed E-state index contributed by atoms with van der Waals surface area (Å²) in [6.45, 7) is 3.79. The number of rotatable bonds is 8. The first kappa shape index (κ1) is 20.0. The van der Waals surface area contributed by atoms with E-state index in [2.05, 4.69) is 10.2 Å². The summed E-state index contributed by atoms with van der Waals surface area (Å²) in [5.74, 6) is 2.33. The number of carbonyl (C=O) groups is 1. The highest BCUT2D eigenvalue weighted by atomic mass is 16.5. The number of methoxy groups -OCH3 is 2. The average Bonchev–Trinajstić information content (AvgIpc) is 3.16. The first-order valence-electron chi connectivity index (χ1n) is 9.63. The molecule has 0 aromatic heterocycles. The standard InChI is InChI=1S/C22H28N2O4/c1-4-28-17-9-7-16(8-10-17)23-22(25)15-24-13-5-6-20(24)19-12-11-18(26-2)14-21(19)27-3/h7-12,14,20H,4-6,13,15H2,1-3H3,(H,23,25)/t20-/m0/s1. The third kappa shape index (κ3) is 4.75. The van der Waals surface area contributed by atoms with Crippen molar-refractivity contribution in [3.05, 3.63) is 48.0 Å². The molecule has 1 N–H and O–H groups in total. The molecule has 2 aromatic carbocycles. The van der Waals surface area contributed by atoms with E-state index in [1.165, 1.54) is 0 Å². The van der Waals surface area contributed by atoms with E-state index in [1.807, 2.05) is 49.4 Å². The van der Waals surface area contributed by atoms with Gasteiger partial charge in [-0.3, -0.25) is 9.69 Å². The van der Waals surface area contributed by atoms with Gasteiger partial charge in [0.1, 0.15) is 17.2 Å². The molecule has 0 radical (unpaired) electrons. The number of nitrogens with one attached hydrogen (secondary N) is 1. The Hall–Kier alpha value is -2.73. The molecule has 0 bridgehead atoms. The average molecular weight is 384 g/mol. The van der Waals surface area contributed by atoms with Gasteiger partial charge in [0.25, 0.3) is 0 Å². The first-order chi connectivity index (χ1) is 13.6. The highest BCUT2D eigenvalue weighted by molar-refractivity contribution is 5.92. The van der Waals surface area contributed by atoms with Gasteiger partial charge in [-0.05, 0) is 56.6 Å². The third-order valence-electron chi connectivity index (χ3n) is 4.96. The van der Waals surface area contributed by atoms with Crippen LogP contribution in [0.3, 0.4) is 0 Å². The predicted octanol–water partition coefficient (Wildman–Crippen LogP) is 3.88. The molecule has 0 saturated carbocycles. The minimum atomic E-state index is -0.0245. The molecule has 1 atom stereocenters. The molecular weight excluding hydrogens is 356 g/mol. The van der Waals surface area contributed by atoms with Crippen molar-refractivity contribution in [2.45, 2.75) is 25.8 Å². The molecule has 1 fully saturated rings. The summed E-state index contributed by atoms with van der Waals surface area (Å²) in [5, 5.41) is 2.97. The molecule has 0 spiro atoms. The zero-order valence-electron chi connectivity index (χ0n) is 16.7. The van der Waals surface area contributed by atoms with Crippen molar-refractivity contribution >= 4 is 11.6 Å². The Balaban J connectivity index is 1.65. The van der Waals surface area contributed by atoms with Crippen LogP contribution >= 0.6 is 0 Å². The fraction of sp³-hybridized carbons (Fsp3) is 0.409. The summed E-state index contributed by atoms with van der Waals surface area (Å²) in [6, 6.07) is 13.5. The topological polar surface area (TPSA) is 60.0 Å². The smallest absolute Gasteiger partial charge is 0.238 e. The van der Waals surface area contributed by atoms with E-state index in [1.54, 1.807) is 14.2 Å². The fourth-order valence-electron chi connectivity index (χ4n) is 3.65. The minimum Gasteiger partial charge on any atom is -0.497 e.